The van der Waals surface area contributed by atoms with E-state index < -0.39 is 5.97 Å². The van der Waals surface area contributed by atoms with Gasteiger partial charge in [-0.25, -0.2) is 0 Å². The van der Waals surface area contributed by atoms with E-state index in [9.17, 15) is 10.0 Å². The number of thioether (sulfide) groups is 1. The van der Waals surface area contributed by atoms with E-state index >= 15 is 0 Å². The van der Waals surface area contributed by atoms with Crippen molar-refractivity contribution in [2.24, 2.45) is 0 Å². The molecule has 14 heavy (non-hydrogen) atoms. The van der Waals surface area contributed by atoms with Crippen LogP contribution in [-0.2, 0) is 4.79 Å². The van der Waals surface area contributed by atoms with E-state index in [0.717, 1.165) is 4.73 Å². The lowest BCUT2D eigenvalue weighted by Crippen LogP contribution is -2.27. The highest BCUT2D eigenvalue weighted by Gasteiger charge is 2.04. The second kappa shape index (κ2) is 5.49. The summed E-state index contributed by atoms with van der Waals surface area (Å²) in [6.45, 7) is 0. The van der Waals surface area contributed by atoms with Crippen molar-refractivity contribution >= 4 is 17.7 Å². The summed E-state index contributed by atoms with van der Waals surface area (Å²) in [6, 6.07) is 5.17. The van der Waals surface area contributed by atoms with Gasteiger partial charge in [-0.05, 0) is 12.5 Å². The lowest BCUT2D eigenvalue weighted by molar-refractivity contribution is -0.645. The molecule has 5 heteroatoms. The summed E-state index contributed by atoms with van der Waals surface area (Å²) in [5, 5.41) is 20.1. The van der Waals surface area contributed by atoms with Crippen molar-refractivity contribution in [1.82, 2.24) is 0 Å². The third-order valence-electron chi connectivity index (χ3n) is 1.57. The topological polar surface area (TPSA) is 64.2 Å². The Morgan fingerprint density at radius 3 is 3.00 bits per heavy atom. The van der Waals surface area contributed by atoms with Gasteiger partial charge >= 0.3 is 5.97 Å². The molecule has 0 aliphatic rings. The monoisotopic (exact) mass is 213 g/mol. The standard InChI is InChI=1S/C9H11NO3S/c11-9(12)5-3-7-14-8-4-1-2-6-10(8)13/h1-2,4,6H,3,5,7H2,(H,11,12). The van der Waals surface area contributed by atoms with Crippen LogP contribution in [0.1, 0.15) is 12.8 Å². The lowest BCUT2D eigenvalue weighted by Gasteiger charge is -2.01. The smallest absolute Gasteiger partial charge is 0.303 e. The van der Waals surface area contributed by atoms with Crippen LogP contribution in [-0.4, -0.2) is 16.8 Å². The molecule has 1 rings (SSSR count). The molecule has 1 N–H and O–H groups in total. The van der Waals surface area contributed by atoms with Crippen molar-refractivity contribution in [3.8, 4) is 0 Å². The molecule has 1 aromatic rings. The summed E-state index contributed by atoms with van der Waals surface area (Å²) < 4.78 is 0.783. The van der Waals surface area contributed by atoms with Gasteiger partial charge < -0.3 is 10.3 Å². The van der Waals surface area contributed by atoms with Crippen LogP contribution in [0.5, 0.6) is 0 Å². The molecule has 0 radical (unpaired) electrons. The maximum absolute atomic E-state index is 11.1. The molecule has 76 valence electrons. The maximum atomic E-state index is 11.1. The molecular weight excluding hydrogens is 202 g/mol. The van der Waals surface area contributed by atoms with Crippen LogP contribution in [0.25, 0.3) is 0 Å². The zero-order valence-electron chi connectivity index (χ0n) is 7.55. The van der Waals surface area contributed by atoms with Crippen molar-refractivity contribution < 1.29 is 14.6 Å². The highest BCUT2D eigenvalue weighted by Crippen LogP contribution is 2.14. The van der Waals surface area contributed by atoms with Gasteiger partial charge in [0.25, 0.3) is 5.03 Å². The van der Waals surface area contributed by atoms with Gasteiger partial charge in [0.15, 0.2) is 6.20 Å². The van der Waals surface area contributed by atoms with E-state index in [1.807, 2.05) is 0 Å². The van der Waals surface area contributed by atoms with Gasteiger partial charge in [0.2, 0.25) is 0 Å². The van der Waals surface area contributed by atoms with Gasteiger partial charge in [0.05, 0.1) is 0 Å². The first kappa shape index (κ1) is 10.8. The molecule has 4 nitrogen and oxygen atoms in total. The number of rotatable bonds is 5. The Morgan fingerprint density at radius 1 is 1.57 bits per heavy atom. The number of hydrogen-bond acceptors (Lipinski definition) is 3. The average molecular weight is 213 g/mol. The van der Waals surface area contributed by atoms with Gasteiger partial charge in [-0.1, -0.05) is 11.8 Å². The van der Waals surface area contributed by atoms with Gasteiger partial charge in [0.1, 0.15) is 0 Å². The minimum absolute atomic E-state index is 0.151. The van der Waals surface area contributed by atoms with Crippen molar-refractivity contribution in [2.75, 3.05) is 5.75 Å². The van der Waals surface area contributed by atoms with Crippen molar-refractivity contribution in [1.29, 1.82) is 0 Å². The van der Waals surface area contributed by atoms with E-state index in [-0.39, 0.29) is 6.42 Å². The summed E-state index contributed by atoms with van der Waals surface area (Å²) in [5.41, 5.74) is 0. The van der Waals surface area contributed by atoms with Crippen LogP contribution in [0.15, 0.2) is 29.4 Å². The molecule has 0 saturated heterocycles. The minimum atomic E-state index is -0.798. The van der Waals surface area contributed by atoms with Gasteiger partial charge in [0, 0.05) is 24.3 Å². The molecule has 0 amide bonds. The van der Waals surface area contributed by atoms with Crippen LogP contribution in [0, 0.1) is 5.21 Å². The fourth-order valence-electron chi connectivity index (χ4n) is 0.925. The zero-order chi connectivity index (χ0) is 10.4. The third-order valence-corrected chi connectivity index (χ3v) is 2.68. The summed E-state index contributed by atoms with van der Waals surface area (Å²) >= 11 is 1.38. The maximum Gasteiger partial charge on any atom is 0.303 e. The quantitative estimate of drug-likeness (QED) is 0.346. The minimum Gasteiger partial charge on any atom is -0.618 e. The molecule has 0 fully saturated rings. The number of aromatic nitrogens is 1. The van der Waals surface area contributed by atoms with Crippen LogP contribution in [0.3, 0.4) is 0 Å². The molecule has 0 unspecified atom stereocenters. The average Bonchev–Trinajstić information content (AvgIpc) is 2.15. The number of nitrogens with zero attached hydrogens (tertiary/aromatic N) is 1. The summed E-state index contributed by atoms with van der Waals surface area (Å²) in [5.74, 6) is -0.146. The molecule has 0 bridgehead atoms. The largest absolute Gasteiger partial charge is 0.618 e. The summed E-state index contributed by atoms with van der Waals surface area (Å²) in [7, 11) is 0. The Kier molecular flexibility index (Phi) is 4.25. The van der Waals surface area contributed by atoms with Crippen molar-refractivity contribution in [2.45, 2.75) is 17.9 Å². The molecular formula is C9H11NO3S. The number of carboxylic acid groups (broad SMARTS) is 1. The third kappa shape index (κ3) is 3.66. The van der Waals surface area contributed by atoms with Gasteiger partial charge in [-0.2, -0.15) is 4.73 Å². The number of hydrogen-bond donors (Lipinski definition) is 1. The molecule has 1 aromatic heterocycles. The summed E-state index contributed by atoms with van der Waals surface area (Å²) in [6.07, 6.45) is 2.16. The molecule has 0 saturated carbocycles. The first-order valence-electron chi connectivity index (χ1n) is 4.23. The van der Waals surface area contributed by atoms with E-state index in [2.05, 4.69) is 0 Å². The van der Waals surface area contributed by atoms with Gasteiger partial charge in [-0.3, -0.25) is 4.79 Å². The van der Waals surface area contributed by atoms with Crippen molar-refractivity contribution in [3.63, 3.8) is 0 Å². The van der Waals surface area contributed by atoms with Crippen LogP contribution >= 0.6 is 11.8 Å². The number of aliphatic carboxylic acids is 1. The highest BCUT2D eigenvalue weighted by molar-refractivity contribution is 7.99. The number of carboxylic acids is 1. The predicted octanol–water partition coefficient (Wildman–Crippen LogP) is 1.28. The van der Waals surface area contributed by atoms with Crippen LogP contribution < -0.4 is 4.73 Å². The Morgan fingerprint density at radius 2 is 2.36 bits per heavy atom. The predicted molar refractivity (Wildman–Crippen MR) is 53.0 cm³/mol. The lowest BCUT2D eigenvalue weighted by atomic mass is 10.3. The normalized spacial score (nSPS) is 10.0. The molecule has 0 aromatic carbocycles. The van der Waals surface area contributed by atoms with Crippen LogP contribution in [0.4, 0.5) is 0 Å². The van der Waals surface area contributed by atoms with Crippen LogP contribution in [0.2, 0.25) is 0 Å². The fraction of sp³-hybridized carbons (Fsp3) is 0.333. The van der Waals surface area contributed by atoms with Gasteiger partial charge in [-0.15, -0.1) is 0 Å². The molecule has 0 aliphatic heterocycles. The Bertz CT molecular complexity index is 317. The summed E-state index contributed by atoms with van der Waals surface area (Å²) in [4.78, 5) is 10.2. The molecule has 0 aliphatic carbocycles. The molecule has 1 heterocycles. The Hall–Kier alpha value is -1.23. The Balaban J connectivity index is 2.31. The Labute approximate surface area is 86.1 Å². The van der Waals surface area contributed by atoms with E-state index in [0.29, 0.717) is 17.2 Å². The first-order valence-corrected chi connectivity index (χ1v) is 5.21. The fourth-order valence-corrected chi connectivity index (χ4v) is 1.79. The SMILES string of the molecule is O=C(O)CCCSc1cccc[n+]1[O-]. The van der Waals surface area contributed by atoms with E-state index in [1.165, 1.54) is 18.0 Å². The second-order valence-corrected chi connectivity index (χ2v) is 3.83. The first-order chi connectivity index (χ1) is 6.70. The molecule has 0 atom stereocenters. The number of carbonyl (C=O) groups is 1. The second-order valence-electron chi connectivity index (χ2n) is 2.71. The highest BCUT2D eigenvalue weighted by atomic mass is 32.2. The molecule has 0 spiro atoms. The van der Waals surface area contributed by atoms with E-state index in [4.69, 9.17) is 5.11 Å². The number of pyridine rings is 1. The zero-order valence-corrected chi connectivity index (χ0v) is 8.37. The van der Waals surface area contributed by atoms with Crippen molar-refractivity contribution in [3.05, 3.63) is 29.6 Å². The van der Waals surface area contributed by atoms with E-state index in [1.54, 1.807) is 18.2 Å².